The van der Waals surface area contributed by atoms with Crippen LogP contribution >= 0.6 is 33.9 Å². The first-order chi connectivity index (χ1) is 12.0. The number of carbonyl (C=O) groups excluding carboxylic acids is 2. The zero-order chi connectivity index (χ0) is 17.8. The molecule has 5 nitrogen and oxygen atoms in total. The van der Waals surface area contributed by atoms with Gasteiger partial charge in [-0.3, -0.25) is 14.9 Å². The van der Waals surface area contributed by atoms with Gasteiger partial charge in [-0.1, -0.05) is 18.2 Å². The zero-order valence-corrected chi connectivity index (χ0v) is 16.2. The molecule has 0 saturated heterocycles. The maximum Gasteiger partial charge on any atom is 0.257 e. The molecule has 0 aliphatic carbocycles. The van der Waals surface area contributed by atoms with E-state index in [1.807, 2.05) is 47.8 Å². The van der Waals surface area contributed by atoms with Crippen molar-refractivity contribution in [2.45, 2.75) is 6.92 Å². The molecule has 7 heteroatoms. The van der Waals surface area contributed by atoms with Gasteiger partial charge in [-0.2, -0.15) is 0 Å². The lowest BCUT2D eigenvalue weighted by atomic mass is 10.1. The van der Waals surface area contributed by atoms with E-state index < -0.39 is 0 Å². The first-order valence-corrected chi connectivity index (χ1v) is 9.37. The Bertz CT molecular complexity index is 922. The number of hydrogen-bond acceptors (Lipinski definition) is 4. The molecule has 1 aromatic heterocycles. The van der Waals surface area contributed by atoms with Crippen molar-refractivity contribution in [2.24, 2.45) is 0 Å². The topological polar surface area (TPSA) is 71.1 Å². The summed E-state index contributed by atoms with van der Waals surface area (Å²) in [6.07, 6.45) is 0. The SMILES string of the molecule is CC(=O)Nc1ccc(-c2csc(NC(=O)c3cccc(I)c3)n2)cc1. The van der Waals surface area contributed by atoms with Gasteiger partial charge >= 0.3 is 0 Å². The van der Waals surface area contributed by atoms with Gasteiger partial charge in [0, 0.05) is 32.7 Å². The number of benzene rings is 2. The lowest BCUT2D eigenvalue weighted by Gasteiger charge is -2.03. The molecule has 0 saturated carbocycles. The molecule has 0 spiro atoms. The maximum atomic E-state index is 12.3. The third kappa shape index (κ3) is 4.64. The van der Waals surface area contributed by atoms with Crippen molar-refractivity contribution in [1.29, 1.82) is 0 Å². The number of thiazole rings is 1. The molecule has 0 aliphatic rings. The third-order valence-corrected chi connectivity index (χ3v) is 4.74. The van der Waals surface area contributed by atoms with Crippen molar-refractivity contribution in [1.82, 2.24) is 4.98 Å². The van der Waals surface area contributed by atoms with Gasteiger partial charge in [0.25, 0.3) is 5.91 Å². The normalized spacial score (nSPS) is 10.3. The van der Waals surface area contributed by atoms with Gasteiger partial charge in [-0.15, -0.1) is 11.3 Å². The lowest BCUT2D eigenvalue weighted by Crippen LogP contribution is -2.11. The van der Waals surface area contributed by atoms with E-state index in [1.54, 1.807) is 6.07 Å². The second-order valence-corrected chi connectivity index (χ2v) is 7.36. The molecule has 1 heterocycles. The van der Waals surface area contributed by atoms with Crippen molar-refractivity contribution >= 4 is 56.6 Å². The number of carbonyl (C=O) groups is 2. The van der Waals surface area contributed by atoms with Crippen molar-refractivity contribution in [2.75, 3.05) is 10.6 Å². The number of nitrogens with one attached hydrogen (secondary N) is 2. The smallest absolute Gasteiger partial charge is 0.257 e. The van der Waals surface area contributed by atoms with Crippen LogP contribution in [0.25, 0.3) is 11.3 Å². The standard InChI is InChI=1S/C18H14IN3O2S/c1-11(23)20-15-7-5-12(6-8-15)16-10-25-18(21-16)22-17(24)13-3-2-4-14(19)9-13/h2-10H,1H3,(H,20,23)(H,21,22,24). The van der Waals surface area contributed by atoms with E-state index in [2.05, 4.69) is 38.2 Å². The van der Waals surface area contributed by atoms with Gasteiger partial charge in [0.2, 0.25) is 5.91 Å². The van der Waals surface area contributed by atoms with E-state index in [0.717, 1.165) is 20.5 Å². The highest BCUT2D eigenvalue weighted by Gasteiger charge is 2.10. The average Bonchev–Trinajstić information content (AvgIpc) is 3.03. The molecule has 0 aliphatic heterocycles. The summed E-state index contributed by atoms with van der Waals surface area (Å²) in [5.41, 5.74) is 3.03. The molecule has 3 aromatic rings. The van der Waals surface area contributed by atoms with Crippen LogP contribution in [0.5, 0.6) is 0 Å². The molecule has 0 unspecified atom stereocenters. The summed E-state index contributed by atoms with van der Waals surface area (Å²) in [6, 6.07) is 14.8. The highest BCUT2D eigenvalue weighted by Crippen LogP contribution is 2.26. The van der Waals surface area contributed by atoms with Crippen LogP contribution in [-0.2, 0) is 4.79 Å². The number of nitrogens with zero attached hydrogens (tertiary/aromatic N) is 1. The quantitative estimate of drug-likeness (QED) is 0.555. The molecule has 3 rings (SSSR count). The predicted molar refractivity (Wildman–Crippen MR) is 109 cm³/mol. The molecular formula is C18H14IN3O2S. The lowest BCUT2D eigenvalue weighted by molar-refractivity contribution is -0.114. The van der Waals surface area contributed by atoms with Crippen LogP contribution in [0.15, 0.2) is 53.9 Å². The van der Waals surface area contributed by atoms with Crippen LogP contribution < -0.4 is 10.6 Å². The number of halogens is 1. The summed E-state index contributed by atoms with van der Waals surface area (Å²) < 4.78 is 1.00. The number of amides is 2. The van der Waals surface area contributed by atoms with Crippen molar-refractivity contribution in [3.63, 3.8) is 0 Å². The Balaban J connectivity index is 1.72. The van der Waals surface area contributed by atoms with Crippen molar-refractivity contribution in [3.05, 3.63) is 63.0 Å². The maximum absolute atomic E-state index is 12.3. The Morgan fingerprint density at radius 3 is 2.52 bits per heavy atom. The van der Waals surface area contributed by atoms with E-state index in [0.29, 0.717) is 10.7 Å². The molecule has 126 valence electrons. The molecule has 2 N–H and O–H groups in total. The van der Waals surface area contributed by atoms with Crippen molar-refractivity contribution in [3.8, 4) is 11.3 Å². The fourth-order valence-corrected chi connectivity index (χ4v) is 3.45. The Kier molecular flexibility index (Phi) is 5.44. The Hall–Kier alpha value is -2.26. The van der Waals surface area contributed by atoms with Gasteiger partial charge in [0.15, 0.2) is 5.13 Å². The molecule has 2 amide bonds. The van der Waals surface area contributed by atoms with Gasteiger partial charge in [-0.05, 0) is 52.9 Å². The first kappa shape index (κ1) is 17.6. The summed E-state index contributed by atoms with van der Waals surface area (Å²) in [7, 11) is 0. The summed E-state index contributed by atoms with van der Waals surface area (Å²) >= 11 is 3.54. The summed E-state index contributed by atoms with van der Waals surface area (Å²) in [5, 5.41) is 7.98. The number of rotatable bonds is 4. The van der Waals surface area contributed by atoms with Crippen LogP contribution in [-0.4, -0.2) is 16.8 Å². The molecule has 0 atom stereocenters. The van der Waals surface area contributed by atoms with E-state index in [1.165, 1.54) is 18.3 Å². The highest BCUT2D eigenvalue weighted by atomic mass is 127. The van der Waals surface area contributed by atoms with E-state index in [4.69, 9.17) is 0 Å². The third-order valence-electron chi connectivity index (χ3n) is 3.31. The first-order valence-electron chi connectivity index (χ1n) is 7.42. The van der Waals surface area contributed by atoms with Crippen LogP contribution in [0.2, 0.25) is 0 Å². The molecule has 0 radical (unpaired) electrons. The second kappa shape index (κ2) is 7.75. The minimum absolute atomic E-state index is 0.109. The molecule has 0 fully saturated rings. The minimum Gasteiger partial charge on any atom is -0.326 e. The summed E-state index contributed by atoms with van der Waals surface area (Å²) in [5.74, 6) is -0.289. The van der Waals surface area contributed by atoms with E-state index in [9.17, 15) is 9.59 Å². The van der Waals surface area contributed by atoms with Gasteiger partial charge in [0.1, 0.15) is 0 Å². The van der Waals surface area contributed by atoms with Crippen LogP contribution in [0.3, 0.4) is 0 Å². The molecule has 25 heavy (non-hydrogen) atoms. The Morgan fingerprint density at radius 2 is 1.84 bits per heavy atom. The number of aromatic nitrogens is 1. The fourth-order valence-electron chi connectivity index (χ4n) is 2.19. The van der Waals surface area contributed by atoms with Gasteiger partial charge < -0.3 is 5.32 Å². The van der Waals surface area contributed by atoms with Gasteiger partial charge in [0.05, 0.1) is 5.69 Å². The fraction of sp³-hybridized carbons (Fsp3) is 0.0556. The molecule has 0 bridgehead atoms. The molecule has 2 aromatic carbocycles. The minimum atomic E-state index is -0.180. The van der Waals surface area contributed by atoms with E-state index >= 15 is 0 Å². The highest BCUT2D eigenvalue weighted by molar-refractivity contribution is 14.1. The largest absolute Gasteiger partial charge is 0.326 e. The van der Waals surface area contributed by atoms with Crippen LogP contribution in [0, 0.1) is 3.57 Å². The zero-order valence-electron chi connectivity index (χ0n) is 13.2. The second-order valence-electron chi connectivity index (χ2n) is 5.26. The Labute approximate surface area is 162 Å². The predicted octanol–water partition coefficient (Wildman–Crippen LogP) is 4.63. The number of hydrogen-bond donors (Lipinski definition) is 2. The number of anilines is 2. The monoisotopic (exact) mass is 463 g/mol. The summed E-state index contributed by atoms with van der Waals surface area (Å²) in [4.78, 5) is 27.8. The van der Waals surface area contributed by atoms with Gasteiger partial charge in [-0.25, -0.2) is 4.98 Å². The van der Waals surface area contributed by atoms with Crippen LogP contribution in [0.1, 0.15) is 17.3 Å². The van der Waals surface area contributed by atoms with Crippen LogP contribution in [0.4, 0.5) is 10.8 Å². The Morgan fingerprint density at radius 1 is 1.08 bits per heavy atom. The molecular weight excluding hydrogens is 449 g/mol. The summed E-state index contributed by atoms with van der Waals surface area (Å²) in [6.45, 7) is 1.47. The average molecular weight is 463 g/mol. The van der Waals surface area contributed by atoms with Crippen molar-refractivity contribution < 1.29 is 9.59 Å². The van der Waals surface area contributed by atoms with E-state index in [-0.39, 0.29) is 11.8 Å².